The lowest BCUT2D eigenvalue weighted by atomic mass is 9.99. The molecule has 0 radical (unpaired) electrons. The first-order chi connectivity index (χ1) is 20.1. The maximum Gasteiger partial charge on any atom is 0.335 e. The highest BCUT2D eigenvalue weighted by Gasteiger charge is 2.48. The Morgan fingerprint density at radius 2 is 1.81 bits per heavy atom. The van der Waals surface area contributed by atoms with Crippen LogP contribution in [0.25, 0.3) is 5.76 Å². The number of benzene rings is 2. The smallest absolute Gasteiger partial charge is 0.335 e. The van der Waals surface area contributed by atoms with Crippen LogP contribution in [0.3, 0.4) is 0 Å². The molecule has 3 aliphatic heterocycles. The number of nitrogens with one attached hydrogen (secondary N) is 1. The Labute approximate surface area is 238 Å². The van der Waals surface area contributed by atoms with Crippen molar-refractivity contribution in [1.29, 1.82) is 5.41 Å². The van der Waals surface area contributed by atoms with Crippen LogP contribution in [0.1, 0.15) is 23.7 Å². The highest BCUT2D eigenvalue weighted by molar-refractivity contribution is 6.14. The second kappa shape index (κ2) is 11.7. The Bertz CT molecular complexity index is 1470. The minimum absolute atomic E-state index is 0.0368. The molecule has 222 valence electrons. The zero-order valence-electron chi connectivity index (χ0n) is 22.1. The number of phenols is 1. The molecule has 2 aromatic carbocycles. The van der Waals surface area contributed by atoms with Crippen LogP contribution in [0, 0.1) is 5.41 Å². The van der Waals surface area contributed by atoms with Gasteiger partial charge in [-0.15, -0.1) is 0 Å². The van der Waals surface area contributed by atoms with Gasteiger partial charge in [-0.25, -0.2) is 9.79 Å². The number of carboxylic acid groups (broad SMARTS) is 1. The molecule has 0 spiro atoms. The van der Waals surface area contributed by atoms with E-state index < -0.39 is 48.5 Å². The predicted octanol–water partition coefficient (Wildman–Crippen LogP) is 1.46. The van der Waals surface area contributed by atoms with Crippen molar-refractivity contribution in [3.05, 3.63) is 59.7 Å². The number of aromatic hydroxyl groups is 1. The van der Waals surface area contributed by atoms with Gasteiger partial charge in [0.05, 0.1) is 13.7 Å². The first-order valence-corrected chi connectivity index (χ1v) is 12.7. The van der Waals surface area contributed by atoms with Crippen molar-refractivity contribution >= 4 is 23.3 Å². The summed E-state index contributed by atoms with van der Waals surface area (Å²) in [4.78, 5) is 15.5. The minimum atomic E-state index is -1.92. The van der Waals surface area contributed by atoms with E-state index in [2.05, 4.69) is 4.99 Å². The molecule has 5 rings (SSSR count). The summed E-state index contributed by atoms with van der Waals surface area (Å²) in [6, 6.07) is 8.12. The molecule has 0 aromatic heterocycles. The fourth-order valence-electron chi connectivity index (χ4n) is 4.64. The number of aliphatic hydroxyl groups is 4. The summed E-state index contributed by atoms with van der Waals surface area (Å²) >= 11 is 0. The number of phenolic OH excluding ortho intramolecular Hbond substituents is 1. The number of rotatable bonds is 9. The summed E-state index contributed by atoms with van der Waals surface area (Å²) < 4.78 is 27.7. The average molecular weight is 585 g/mol. The molecule has 2 aromatic rings. The average Bonchev–Trinajstić information content (AvgIpc) is 3.38. The molecule has 0 bridgehead atoms. The monoisotopic (exact) mass is 584 g/mol. The number of aliphatic hydroxyl groups excluding tert-OH is 4. The van der Waals surface area contributed by atoms with E-state index in [4.69, 9.17) is 29.1 Å². The second-order valence-electron chi connectivity index (χ2n) is 9.56. The summed E-state index contributed by atoms with van der Waals surface area (Å²) in [5, 5.41) is 68.8. The van der Waals surface area contributed by atoms with Gasteiger partial charge >= 0.3 is 5.97 Å². The van der Waals surface area contributed by atoms with Gasteiger partial charge in [0.15, 0.2) is 17.6 Å². The molecule has 7 N–H and O–H groups in total. The Morgan fingerprint density at radius 1 is 1.07 bits per heavy atom. The number of hydrogen-bond donors (Lipinski definition) is 7. The van der Waals surface area contributed by atoms with Crippen molar-refractivity contribution in [3.8, 4) is 28.7 Å². The van der Waals surface area contributed by atoms with Crippen LogP contribution in [0.4, 0.5) is 0 Å². The number of nitrogens with zero attached hydrogens (tertiary/aromatic N) is 1. The standard InChI is InChI=1S/C28H28N2O12/c1-38-25-18(41-28-24(35)22(33)23(34)26(42-28)27(36)37)11-17-20(21(25)32)15(31)10-16(40-17)12-2-5-14(6-3-12)39-9-8-13-4-7-19(29)30-13/h2-7,10-11,16,22-24,26,28-29,31-35H,8-9H2,1H3,(H,36,37)/t16?,22-,23+,24-,26+,28-/m1/s1. The minimum Gasteiger partial charge on any atom is -0.507 e. The SMILES string of the molecule is COc1c(O[C@@H]2O[C@H](C(=O)O)[C@@H](O)[C@@H](O)[C@H]2O)cc2c(c1O)C(O)=CC(c1ccc(OCCC3=NC(=N)C=C3)cc1)O2. The van der Waals surface area contributed by atoms with E-state index in [-0.39, 0.29) is 34.4 Å². The van der Waals surface area contributed by atoms with E-state index in [0.717, 1.165) is 5.71 Å². The van der Waals surface area contributed by atoms with Gasteiger partial charge in [0.2, 0.25) is 12.0 Å². The molecule has 3 heterocycles. The van der Waals surface area contributed by atoms with E-state index >= 15 is 0 Å². The lowest BCUT2D eigenvalue weighted by Crippen LogP contribution is -2.61. The first kappa shape index (κ1) is 28.9. The van der Waals surface area contributed by atoms with Crippen molar-refractivity contribution in [3.63, 3.8) is 0 Å². The highest BCUT2D eigenvalue weighted by Crippen LogP contribution is 2.50. The topological polar surface area (TPSA) is 221 Å². The summed E-state index contributed by atoms with van der Waals surface area (Å²) in [7, 11) is 1.20. The van der Waals surface area contributed by atoms with Gasteiger partial charge in [-0.3, -0.25) is 5.41 Å². The molecular weight excluding hydrogens is 556 g/mol. The Morgan fingerprint density at radius 3 is 2.45 bits per heavy atom. The maximum atomic E-state index is 11.5. The molecule has 1 fully saturated rings. The second-order valence-corrected chi connectivity index (χ2v) is 9.56. The van der Waals surface area contributed by atoms with E-state index in [9.17, 15) is 35.4 Å². The van der Waals surface area contributed by atoms with Crippen LogP contribution < -0.4 is 18.9 Å². The first-order valence-electron chi connectivity index (χ1n) is 12.7. The summed E-state index contributed by atoms with van der Waals surface area (Å²) in [6.45, 7) is 0.357. The number of aliphatic carboxylic acids is 1. The van der Waals surface area contributed by atoms with E-state index in [1.54, 1.807) is 36.4 Å². The number of carboxylic acids is 1. The van der Waals surface area contributed by atoms with Gasteiger partial charge in [0.1, 0.15) is 53.1 Å². The van der Waals surface area contributed by atoms with Crippen molar-refractivity contribution in [2.75, 3.05) is 13.7 Å². The number of carbonyl (C=O) groups is 1. The normalized spacial score (nSPS) is 26.5. The van der Waals surface area contributed by atoms with Crippen LogP contribution in [-0.4, -0.2) is 92.6 Å². The molecule has 0 aliphatic carbocycles. The molecule has 42 heavy (non-hydrogen) atoms. The summed E-state index contributed by atoms with van der Waals surface area (Å²) in [5.74, 6) is -2.30. The third-order valence-corrected chi connectivity index (χ3v) is 6.80. The number of amidine groups is 1. The number of fused-ring (bicyclic) bond motifs is 1. The molecule has 6 atom stereocenters. The van der Waals surface area contributed by atoms with Crippen LogP contribution in [0.15, 0.2) is 53.6 Å². The molecule has 0 amide bonds. The summed E-state index contributed by atoms with van der Waals surface area (Å²) in [6.07, 6.45) is -4.91. The van der Waals surface area contributed by atoms with E-state index in [1.165, 1.54) is 19.3 Å². The molecule has 1 unspecified atom stereocenters. The lowest BCUT2D eigenvalue weighted by Gasteiger charge is -2.38. The van der Waals surface area contributed by atoms with Crippen LogP contribution >= 0.6 is 0 Å². The zero-order chi connectivity index (χ0) is 30.1. The highest BCUT2D eigenvalue weighted by atomic mass is 16.7. The molecule has 14 heteroatoms. The van der Waals surface area contributed by atoms with Gasteiger partial charge in [-0.2, -0.15) is 0 Å². The van der Waals surface area contributed by atoms with Crippen molar-refractivity contribution in [2.45, 2.75) is 43.2 Å². The number of aliphatic imine (C=N–C) groups is 1. The van der Waals surface area contributed by atoms with Crippen LogP contribution in [-0.2, 0) is 9.53 Å². The maximum absolute atomic E-state index is 11.5. The molecule has 14 nitrogen and oxygen atoms in total. The van der Waals surface area contributed by atoms with Gasteiger partial charge < -0.3 is 54.3 Å². The van der Waals surface area contributed by atoms with Gasteiger partial charge in [0, 0.05) is 24.3 Å². The van der Waals surface area contributed by atoms with Crippen LogP contribution in [0.5, 0.6) is 28.7 Å². The molecule has 3 aliphatic rings. The fraction of sp³-hybridized carbons (Fsp3) is 0.321. The number of ether oxygens (including phenoxy) is 5. The quantitative estimate of drug-likeness (QED) is 0.223. The molecule has 0 saturated carbocycles. The Hall–Kier alpha value is -4.63. The van der Waals surface area contributed by atoms with Crippen molar-refractivity contribution in [1.82, 2.24) is 0 Å². The predicted molar refractivity (Wildman–Crippen MR) is 144 cm³/mol. The van der Waals surface area contributed by atoms with E-state index in [0.29, 0.717) is 24.3 Å². The third kappa shape index (κ3) is 5.60. The fourth-order valence-corrected chi connectivity index (χ4v) is 4.64. The lowest BCUT2D eigenvalue weighted by molar-refractivity contribution is -0.271. The third-order valence-electron chi connectivity index (χ3n) is 6.80. The molecular formula is C28H28N2O12. The Kier molecular flexibility index (Phi) is 8.04. The van der Waals surface area contributed by atoms with Gasteiger partial charge in [-0.05, 0) is 29.8 Å². The summed E-state index contributed by atoms with van der Waals surface area (Å²) in [5.41, 5.74) is 1.28. The number of hydrogen-bond acceptors (Lipinski definition) is 12. The number of allylic oxidation sites excluding steroid dienone is 1. The Balaban J connectivity index is 1.34. The van der Waals surface area contributed by atoms with Crippen LogP contribution in [0.2, 0.25) is 0 Å². The van der Waals surface area contributed by atoms with Gasteiger partial charge in [-0.1, -0.05) is 12.1 Å². The zero-order valence-corrected chi connectivity index (χ0v) is 22.1. The van der Waals surface area contributed by atoms with Crippen molar-refractivity contribution in [2.24, 2.45) is 4.99 Å². The largest absolute Gasteiger partial charge is 0.507 e. The van der Waals surface area contributed by atoms with Crippen molar-refractivity contribution < 1.29 is 59.1 Å². The van der Waals surface area contributed by atoms with E-state index in [1.807, 2.05) is 0 Å². The number of methoxy groups -OCH3 is 1. The molecule has 1 saturated heterocycles. The van der Waals surface area contributed by atoms with Gasteiger partial charge in [0.25, 0.3) is 0 Å².